The SMILES string of the molecule is CSCC[C@H](N)C(=O)NCCCCC(C)(C)C. The van der Waals surface area contributed by atoms with Crippen LogP contribution in [-0.2, 0) is 4.79 Å². The van der Waals surface area contributed by atoms with Gasteiger partial charge in [-0.25, -0.2) is 0 Å². The molecule has 0 aliphatic rings. The second-order valence-corrected chi connectivity index (χ2v) is 6.68. The Morgan fingerprint density at radius 3 is 2.53 bits per heavy atom. The third-order valence-corrected chi connectivity index (χ3v) is 3.27. The van der Waals surface area contributed by atoms with E-state index in [9.17, 15) is 4.79 Å². The number of nitrogens with two attached hydrogens (primary N) is 1. The molecule has 0 saturated carbocycles. The second kappa shape index (κ2) is 8.81. The van der Waals surface area contributed by atoms with Gasteiger partial charge in [0.25, 0.3) is 0 Å². The summed E-state index contributed by atoms with van der Waals surface area (Å²) in [7, 11) is 0. The smallest absolute Gasteiger partial charge is 0.236 e. The first-order chi connectivity index (χ1) is 7.87. The molecule has 1 atom stereocenters. The first kappa shape index (κ1) is 16.8. The van der Waals surface area contributed by atoms with Gasteiger partial charge >= 0.3 is 0 Å². The van der Waals surface area contributed by atoms with Crippen LogP contribution in [-0.4, -0.2) is 30.5 Å². The van der Waals surface area contributed by atoms with Crippen molar-refractivity contribution in [2.45, 2.75) is 52.5 Å². The van der Waals surface area contributed by atoms with Gasteiger partial charge in [0.2, 0.25) is 5.91 Å². The minimum atomic E-state index is -0.343. The zero-order valence-corrected chi connectivity index (χ0v) is 12.5. The van der Waals surface area contributed by atoms with Gasteiger partial charge < -0.3 is 11.1 Å². The van der Waals surface area contributed by atoms with Crippen molar-refractivity contribution >= 4 is 17.7 Å². The van der Waals surface area contributed by atoms with Crippen LogP contribution >= 0.6 is 11.8 Å². The van der Waals surface area contributed by atoms with E-state index in [1.54, 1.807) is 11.8 Å². The molecule has 0 aromatic rings. The zero-order chi connectivity index (χ0) is 13.3. The van der Waals surface area contributed by atoms with E-state index in [-0.39, 0.29) is 11.9 Å². The highest BCUT2D eigenvalue weighted by Gasteiger charge is 2.12. The summed E-state index contributed by atoms with van der Waals surface area (Å²) in [5, 5.41) is 2.90. The molecule has 0 saturated heterocycles. The molecule has 4 heteroatoms. The fraction of sp³-hybridized carbons (Fsp3) is 0.923. The molecule has 0 aromatic heterocycles. The molecular weight excluding hydrogens is 232 g/mol. The Morgan fingerprint density at radius 2 is 2.00 bits per heavy atom. The van der Waals surface area contributed by atoms with Gasteiger partial charge in [0, 0.05) is 6.54 Å². The molecular formula is C13H28N2OS. The third-order valence-electron chi connectivity index (χ3n) is 2.62. The number of thioether (sulfide) groups is 1. The fourth-order valence-electron chi connectivity index (χ4n) is 1.50. The summed E-state index contributed by atoms with van der Waals surface area (Å²) in [6.07, 6.45) is 6.18. The number of carbonyl (C=O) groups excluding carboxylic acids is 1. The number of hydrogen-bond acceptors (Lipinski definition) is 3. The summed E-state index contributed by atoms with van der Waals surface area (Å²) in [5.41, 5.74) is 6.15. The van der Waals surface area contributed by atoms with Gasteiger partial charge in [0.1, 0.15) is 0 Å². The van der Waals surface area contributed by atoms with Crippen molar-refractivity contribution in [1.29, 1.82) is 0 Å². The molecule has 0 rings (SSSR count). The number of hydrogen-bond donors (Lipinski definition) is 2. The highest BCUT2D eigenvalue weighted by Crippen LogP contribution is 2.21. The van der Waals surface area contributed by atoms with Crippen LogP contribution in [0, 0.1) is 5.41 Å². The van der Waals surface area contributed by atoms with Crippen molar-refractivity contribution < 1.29 is 4.79 Å². The lowest BCUT2D eigenvalue weighted by Gasteiger charge is -2.17. The van der Waals surface area contributed by atoms with Gasteiger partial charge in [-0.2, -0.15) is 11.8 Å². The van der Waals surface area contributed by atoms with Crippen molar-refractivity contribution in [3.63, 3.8) is 0 Å². The van der Waals surface area contributed by atoms with E-state index in [2.05, 4.69) is 26.1 Å². The van der Waals surface area contributed by atoms with Crippen molar-refractivity contribution in [1.82, 2.24) is 5.32 Å². The van der Waals surface area contributed by atoms with Crippen LogP contribution in [0.3, 0.4) is 0 Å². The molecule has 3 nitrogen and oxygen atoms in total. The molecule has 0 spiro atoms. The first-order valence-electron chi connectivity index (χ1n) is 6.39. The Balaban J connectivity index is 3.51. The van der Waals surface area contributed by atoms with E-state index in [1.165, 1.54) is 6.42 Å². The minimum absolute atomic E-state index is 0.00481. The molecule has 0 aliphatic carbocycles. The largest absolute Gasteiger partial charge is 0.355 e. The highest BCUT2D eigenvalue weighted by molar-refractivity contribution is 7.98. The van der Waals surface area contributed by atoms with E-state index >= 15 is 0 Å². The summed E-state index contributed by atoms with van der Waals surface area (Å²) in [5.74, 6) is 0.938. The predicted molar refractivity (Wildman–Crippen MR) is 77.3 cm³/mol. The van der Waals surface area contributed by atoms with Gasteiger partial charge in [0.15, 0.2) is 0 Å². The highest BCUT2D eigenvalue weighted by atomic mass is 32.2. The zero-order valence-electron chi connectivity index (χ0n) is 11.7. The Labute approximate surface area is 110 Å². The molecule has 0 aliphatic heterocycles. The minimum Gasteiger partial charge on any atom is -0.355 e. The fourth-order valence-corrected chi connectivity index (χ4v) is 1.99. The second-order valence-electron chi connectivity index (χ2n) is 5.70. The number of carbonyl (C=O) groups is 1. The van der Waals surface area contributed by atoms with Crippen molar-refractivity contribution in [3.05, 3.63) is 0 Å². The lowest BCUT2D eigenvalue weighted by Crippen LogP contribution is -2.41. The van der Waals surface area contributed by atoms with Crippen molar-refractivity contribution in [3.8, 4) is 0 Å². The van der Waals surface area contributed by atoms with Crippen LogP contribution in [0.2, 0.25) is 0 Å². The Bertz CT molecular complexity index is 214. The van der Waals surface area contributed by atoms with Gasteiger partial charge in [0.05, 0.1) is 6.04 Å². The summed E-state index contributed by atoms with van der Waals surface area (Å²) < 4.78 is 0. The Hall–Kier alpha value is -0.220. The molecule has 0 fully saturated rings. The van der Waals surface area contributed by atoms with Crippen LogP contribution in [0.15, 0.2) is 0 Å². The normalized spacial score (nSPS) is 13.5. The van der Waals surface area contributed by atoms with E-state index < -0.39 is 0 Å². The van der Waals surface area contributed by atoms with Crippen molar-refractivity contribution in [2.24, 2.45) is 11.1 Å². The van der Waals surface area contributed by atoms with Gasteiger partial charge in [-0.15, -0.1) is 0 Å². The summed E-state index contributed by atoms with van der Waals surface area (Å²) in [6, 6.07) is -0.343. The average Bonchev–Trinajstić information content (AvgIpc) is 2.23. The summed E-state index contributed by atoms with van der Waals surface area (Å²) >= 11 is 1.72. The van der Waals surface area contributed by atoms with Crippen molar-refractivity contribution in [2.75, 3.05) is 18.6 Å². The van der Waals surface area contributed by atoms with Crippen LogP contribution < -0.4 is 11.1 Å². The maximum absolute atomic E-state index is 11.6. The topological polar surface area (TPSA) is 55.1 Å². The number of amides is 1. The van der Waals surface area contributed by atoms with E-state index in [0.29, 0.717) is 5.41 Å². The Kier molecular flexibility index (Phi) is 8.70. The molecule has 1 amide bonds. The quantitative estimate of drug-likeness (QED) is 0.659. The van der Waals surface area contributed by atoms with Gasteiger partial charge in [-0.05, 0) is 36.7 Å². The maximum atomic E-state index is 11.6. The molecule has 0 bridgehead atoms. The molecule has 17 heavy (non-hydrogen) atoms. The molecule has 3 N–H and O–H groups in total. The van der Waals surface area contributed by atoms with E-state index in [1.807, 2.05) is 6.26 Å². The summed E-state index contributed by atoms with van der Waals surface area (Å²) in [6.45, 7) is 7.47. The number of unbranched alkanes of at least 4 members (excludes halogenated alkanes) is 1. The molecule has 0 unspecified atom stereocenters. The maximum Gasteiger partial charge on any atom is 0.236 e. The molecule has 0 radical (unpaired) electrons. The lowest BCUT2D eigenvalue weighted by atomic mass is 9.90. The number of nitrogens with one attached hydrogen (secondary N) is 1. The third kappa shape index (κ3) is 10.6. The van der Waals surface area contributed by atoms with E-state index in [4.69, 9.17) is 5.73 Å². The Morgan fingerprint density at radius 1 is 1.35 bits per heavy atom. The van der Waals surface area contributed by atoms with Gasteiger partial charge in [-0.3, -0.25) is 4.79 Å². The van der Waals surface area contributed by atoms with Crippen LogP contribution in [0.1, 0.15) is 46.5 Å². The average molecular weight is 260 g/mol. The van der Waals surface area contributed by atoms with Crippen LogP contribution in [0.4, 0.5) is 0 Å². The van der Waals surface area contributed by atoms with Crippen LogP contribution in [0.5, 0.6) is 0 Å². The monoisotopic (exact) mass is 260 g/mol. The van der Waals surface area contributed by atoms with E-state index in [0.717, 1.165) is 31.6 Å². The number of rotatable bonds is 8. The van der Waals surface area contributed by atoms with Gasteiger partial charge in [-0.1, -0.05) is 27.2 Å². The molecule has 0 heterocycles. The lowest BCUT2D eigenvalue weighted by molar-refractivity contribution is -0.122. The predicted octanol–water partition coefficient (Wildman–Crippen LogP) is 2.40. The van der Waals surface area contributed by atoms with Crippen LogP contribution in [0.25, 0.3) is 0 Å². The first-order valence-corrected chi connectivity index (χ1v) is 7.78. The molecule has 0 aromatic carbocycles. The summed E-state index contributed by atoms with van der Waals surface area (Å²) in [4.78, 5) is 11.6. The molecule has 102 valence electrons. The standard InChI is InChI=1S/C13H28N2OS/c1-13(2,3)8-5-6-9-15-12(16)11(14)7-10-17-4/h11H,5-10,14H2,1-4H3,(H,15,16)/t11-/m0/s1.